The second-order valence-corrected chi connectivity index (χ2v) is 11.6. The largest absolute Gasteiger partial charge is 0.444 e. The van der Waals surface area contributed by atoms with Crippen LogP contribution < -0.4 is 16.0 Å². The lowest BCUT2D eigenvalue weighted by Gasteiger charge is -2.35. The molecule has 11 nitrogen and oxygen atoms in total. The predicted octanol–water partition coefficient (Wildman–Crippen LogP) is 4.96. The van der Waals surface area contributed by atoms with Crippen molar-refractivity contribution in [3.63, 3.8) is 0 Å². The van der Waals surface area contributed by atoms with Crippen LogP contribution in [0.3, 0.4) is 0 Å². The molecular formula is C29H33N7O4S. The summed E-state index contributed by atoms with van der Waals surface area (Å²) < 4.78 is 9.80. The Balaban J connectivity index is 1.24. The molecule has 0 atom stereocenters. The Morgan fingerprint density at radius 3 is 2.44 bits per heavy atom. The molecule has 3 aromatic rings. The Bertz CT molecular complexity index is 1500. The van der Waals surface area contributed by atoms with Gasteiger partial charge in [-0.3, -0.25) is 9.59 Å². The van der Waals surface area contributed by atoms with Crippen molar-refractivity contribution >= 4 is 57.3 Å². The molecule has 0 bridgehead atoms. The fourth-order valence-corrected chi connectivity index (χ4v) is 5.33. The number of carbonyl (C=O) groups is 3. The van der Waals surface area contributed by atoms with E-state index in [1.807, 2.05) is 45.0 Å². The molecule has 0 unspecified atom stereocenters. The molecule has 1 saturated heterocycles. The second kappa shape index (κ2) is 11.6. The van der Waals surface area contributed by atoms with Crippen LogP contribution in [0.2, 0.25) is 0 Å². The molecular weight excluding hydrogens is 542 g/mol. The molecule has 2 aliphatic rings. The lowest BCUT2D eigenvalue weighted by molar-refractivity contribution is 0.0141. The number of para-hydroxylation sites is 2. The summed E-state index contributed by atoms with van der Waals surface area (Å²) >= 11 is 1.16. The van der Waals surface area contributed by atoms with Gasteiger partial charge in [-0.1, -0.05) is 18.2 Å². The van der Waals surface area contributed by atoms with Gasteiger partial charge in [-0.05, 0) is 69.6 Å². The molecule has 0 saturated carbocycles. The van der Waals surface area contributed by atoms with Crippen LogP contribution in [0.1, 0.15) is 47.2 Å². The number of anilines is 3. The summed E-state index contributed by atoms with van der Waals surface area (Å²) in [6, 6.07) is 14.7. The number of amides is 3. The van der Waals surface area contributed by atoms with E-state index in [4.69, 9.17) is 4.74 Å². The number of ether oxygens (including phenoxy) is 1. The standard InChI is InChI=1S/C29H33N7O4S/c1-18-24(26(41-34-18)33-23-17-30-21-10-5-6-11-22(21)32-23)25(37)31-20-9-7-8-19(16-20)27(38)35-12-14-36(15-13-35)28(39)40-29(2,3)4/h5-11,16,30H,12-15,17H2,1-4H3,(H,31,37)(H,32,33). The van der Waals surface area contributed by atoms with Crippen molar-refractivity contribution in [3.8, 4) is 0 Å². The number of aromatic nitrogens is 1. The third-order valence-corrected chi connectivity index (χ3v) is 7.38. The molecule has 3 amide bonds. The summed E-state index contributed by atoms with van der Waals surface area (Å²) in [6.07, 6.45) is -0.377. The Kier molecular flexibility index (Phi) is 7.93. The highest BCUT2D eigenvalue weighted by molar-refractivity contribution is 7.10. The van der Waals surface area contributed by atoms with Gasteiger partial charge in [0, 0.05) is 37.4 Å². The zero-order valence-corrected chi connectivity index (χ0v) is 24.3. The van der Waals surface area contributed by atoms with Gasteiger partial charge in [0.1, 0.15) is 11.4 Å². The average Bonchev–Trinajstić information content (AvgIpc) is 3.31. The van der Waals surface area contributed by atoms with Gasteiger partial charge in [0.05, 0.1) is 29.2 Å². The van der Waals surface area contributed by atoms with Gasteiger partial charge in [0.2, 0.25) is 0 Å². The van der Waals surface area contributed by atoms with Crippen molar-refractivity contribution in [2.24, 2.45) is 4.99 Å². The Labute approximate surface area is 242 Å². The zero-order valence-electron chi connectivity index (χ0n) is 23.5. The lowest BCUT2D eigenvalue weighted by atomic mass is 10.1. The number of rotatable bonds is 4. The SMILES string of the molecule is Cc1nsc(N=C2CNc3ccccc3N2)c1C(=O)Nc1cccc(C(=O)N2CCN(C(=O)OC(C)(C)C)CC2)c1. The van der Waals surface area contributed by atoms with Crippen LogP contribution in [-0.2, 0) is 4.74 Å². The van der Waals surface area contributed by atoms with E-state index < -0.39 is 5.60 Å². The van der Waals surface area contributed by atoms with Crippen LogP contribution in [0, 0.1) is 6.92 Å². The molecule has 1 aromatic heterocycles. The number of fused-ring (bicyclic) bond motifs is 1. The molecule has 214 valence electrons. The molecule has 41 heavy (non-hydrogen) atoms. The Morgan fingerprint density at radius 2 is 1.71 bits per heavy atom. The predicted molar refractivity (Wildman–Crippen MR) is 161 cm³/mol. The van der Waals surface area contributed by atoms with Gasteiger partial charge < -0.3 is 30.5 Å². The molecule has 2 aromatic carbocycles. The highest BCUT2D eigenvalue weighted by Crippen LogP contribution is 2.31. The highest BCUT2D eigenvalue weighted by Gasteiger charge is 2.28. The number of benzene rings is 2. The molecule has 1 fully saturated rings. The first-order valence-corrected chi connectivity index (χ1v) is 14.2. The van der Waals surface area contributed by atoms with E-state index in [0.29, 0.717) is 66.1 Å². The van der Waals surface area contributed by atoms with Gasteiger partial charge >= 0.3 is 6.09 Å². The highest BCUT2D eigenvalue weighted by atomic mass is 32.1. The average molecular weight is 576 g/mol. The summed E-state index contributed by atoms with van der Waals surface area (Å²) in [6.45, 7) is 9.31. The summed E-state index contributed by atoms with van der Waals surface area (Å²) in [7, 11) is 0. The van der Waals surface area contributed by atoms with E-state index in [2.05, 4.69) is 25.3 Å². The zero-order chi connectivity index (χ0) is 29.1. The second-order valence-electron chi connectivity index (χ2n) is 10.8. The Morgan fingerprint density at radius 1 is 1.00 bits per heavy atom. The minimum absolute atomic E-state index is 0.165. The number of aryl methyl sites for hydroxylation is 1. The van der Waals surface area contributed by atoms with Crippen LogP contribution in [0.25, 0.3) is 0 Å². The van der Waals surface area contributed by atoms with Crippen molar-refractivity contribution in [1.82, 2.24) is 14.2 Å². The van der Waals surface area contributed by atoms with Crippen molar-refractivity contribution in [3.05, 3.63) is 65.4 Å². The fourth-order valence-electron chi connectivity index (χ4n) is 4.54. The van der Waals surface area contributed by atoms with Gasteiger partial charge in [-0.15, -0.1) is 0 Å². The molecule has 0 radical (unpaired) electrons. The number of hydrogen-bond donors (Lipinski definition) is 3. The molecule has 5 rings (SSSR count). The van der Waals surface area contributed by atoms with Crippen LogP contribution >= 0.6 is 11.5 Å². The number of carbonyl (C=O) groups excluding carboxylic acids is 3. The summed E-state index contributed by atoms with van der Waals surface area (Å²) in [5.41, 5.74) is 3.23. The maximum atomic E-state index is 13.3. The van der Waals surface area contributed by atoms with Crippen LogP contribution in [0.5, 0.6) is 0 Å². The first-order valence-electron chi connectivity index (χ1n) is 13.4. The van der Waals surface area contributed by atoms with Crippen molar-refractivity contribution in [2.75, 3.05) is 48.7 Å². The molecule has 3 heterocycles. The van der Waals surface area contributed by atoms with Gasteiger partial charge in [0.25, 0.3) is 11.8 Å². The number of nitrogens with one attached hydrogen (secondary N) is 3. The van der Waals surface area contributed by atoms with Gasteiger partial charge in [0.15, 0.2) is 5.00 Å². The molecule has 12 heteroatoms. The van der Waals surface area contributed by atoms with Crippen LogP contribution in [0.15, 0.2) is 53.5 Å². The van der Waals surface area contributed by atoms with Crippen molar-refractivity contribution in [2.45, 2.75) is 33.3 Å². The molecule has 2 aliphatic heterocycles. The third-order valence-electron chi connectivity index (χ3n) is 6.55. The van der Waals surface area contributed by atoms with E-state index in [0.717, 1.165) is 22.9 Å². The topological polar surface area (TPSA) is 128 Å². The maximum Gasteiger partial charge on any atom is 0.410 e. The van der Waals surface area contributed by atoms with E-state index >= 15 is 0 Å². The lowest BCUT2D eigenvalue weighted by Crippen LogP contribution is -2.51. The third kappa shape index (κ3) is 6.65. The van der Waals surface area contributed by atoms with E-state index in [-0.39, 0.29) is 17.9 Å². The van der Waals surface area contributed by atoms with E-state index in [9.17, 15) is 14.4 Å². The minimum atomic E-state index is -0.573. The summed E-state index contributed by atoms with van der Waals surface area (Å²) in [5.74, 6) is 0.165. The number of piperazine rings is 1. The summed E-state index contributed by atoms with van der Waals surface area (Å²) in [4.78, 5) is 46.9. The number of amidine groups is 1. The van der Waals surface area contributed by atoms with Crippen molar-refractivity contribution < 1.29 is 19.1 Å². The van der Waals surface area contributed by atoms with Crippen molar-refractivity contribution in [1.29, 1.82) is 0 Å². The van der Waals surface area contributed by atoms with Crippen LogP contribution in [0.4, 0.5) is 26.9 Å². The minimum Gasteiger partial charge on any atom is -0.444 e. The normalized spacial score (nSPS) is 16.0. The Hall–Kier alpha value is -4.45. The molecule has 0 spiro atoms. The first kappa shape index (κ1) is 28.1. The van der Waals surface area contributed by atoms with Gasteiger partial charge in [-0.2, -0.15) is 4.37 Å². The van der Waals surface area contributed by atoms with E-state index in [1.165, 1.54) is 0 Å². The molecule has 3 N–H and O–H groups in total. The number of nitrogens with zero attached hydrogens (tertiary/aromatic N) is 4. The first-order chi connectivity index (χ1) is 19.6. The quantitative estimate of drug-likeness (QED) is 0.401. The fraction of sp³-hybridized carbons (Fsp3) is 0.345. The maximum absolute atomic E-state index is 13.3. The van der Waals surface area contributed by atoms with Gasteiger partial charge in [-0.25, -0.2) is 9.79 Å². The monoisotopic (exact) mass is 575 g/mol. The van der Waals surface area contributed by atoms with E-state index in [1.54, 1.807) is 41.0 Å². The molecule has 0 aliphatic carbocycles. The van der Waals surface area contributed by atoms with Crippen LogP contribution in [-0.4, -0.2) is 76.2 Å². The summed E-state index contributed by atoms with van der Waals surface area (Å²) in [5, 5.41) is 10.0. The number of hydrogen-bond acceptors (Lipinski definition) is 8. The smallest absolute Gasteiger partial charge is 0.410 e. The number of aliphatic imine (C=N–C) groups is 1.